The quantitative estimate of drug-likeness (QED) is 0.719. The number of nitrogens with zero attached hydrogens (tertiary/aromatic N) is 5. The van der Waals surface area contributed by atoms with Crippen LogP contribution in [0.4, 0.5) is 0 Å². The molecule has 0 bridgehead atoms. The van der Waals surface area contributed by atoms with E-state index in [4.69, 9.17) is 0 Å². The second-order valence-corrected chi connectivity index (χ2v) is 3.60. The zero-order valence-electron chi connectivity index (χ0n) is 9.01. The molecule has 0 saturated carbocycles. The molecule has 6 heteroatoms. The molecule has 15 heavy (non-hydrogen) atoms. The molecule has 1 atom stereocenters. The van der Waals surface area contributed by atoms with Gasteiger partial charge in [0.05, 0.1) is 0 Å². The van der Waals surface area contributed by atoms with E-state index in [1.165, 1.54) is 4.68 Å². The van der Waals surface area contributed by atoms with Gasteiger partial charge in [-0.2, -0.15) is 0 Å². The van der Waals surface area contributed by atoms with Crippen LogP contribution in [0.15, 0.2) is 11.1 Å². The highest BCUT2D eigenvalue weighted by atomic mass is 16.1. The monoisotopic (exact) mass is 207 g/mol. The van der Waals surface area contributed by atoms with Gasteiger partial charge in [-0.15, -0.1) is 5.10 Å². The standard InChI is InChI=1S/C9H13N5O/c1-4-6(2)14-5-10-8-7(9(14)15)11-12-13(8)3/h5-6H,4H2,1-3H3. The average molecular weight is 207 g/mol. The van der Waals surface area contributed by atoms with Crippen LogP contribution in [0.5, 0.6) is 0 Å². The van der Waals surface area contributed by atoms with Crippen LogP contribution in [-0.2, 0) is 7.05 Å². The van der Waals surface area contributed by atoms with Crippen molar-refractivity contribution in [1.82, 2.24) is 24.5 Å². The minimum absolute atomic E-state index is 0.123. The van der Waals surface area contributed by atoms with E-state index in [0.29, 0.717) is 11.2 Å². The molecule has 0 aliphatic heterocycles. The second kappa shape index (κ2) is 3.45. The minimum atomic E-state index is -0.123. The van der Waals surface area contributed by atoms with Gasteiger partial charge in [-0.25, -0.2) is 9.67 Å². The van der Waals surface area contributed by atoms with Crippen LogP contribution in [0.1, 0.15) is 26.3 Å². The average Bonchev–Trinajstić information content (AvgIpc) is 2.61. The maximum Gasteiger partial charge on any atom is 0.283 e. The summed E-state index contributed by atoms with van der Waals surface area (Å²) >= 11 is 0. The van der Waals surface area contributed by atoms with E-state index in [1.54, 1.807) is 17.9 Å². The highest BCUT2D eigenvalue weighted by Gasteiger charge is 2.12. The molecule has 0 radical (unpaired) electrons. The first kappa shape index (κ1) is 9.82. The second-order valence-electron chi connectivity index (χ2n) is 3.60. The van der Waals surface area contributed by atoms with Gasteiger partial charge in [0.15, 0.2) is 11.2 Å². The summed E-state index contributed by atoms with van der Waals surface area (Å²) in [5.41, 5.74) is 0.738. The van der Waals surface area contributed by atoms with E-state index in [-0.39, 0.29) is 11.6 Å². The van der Waals surface area contributed by atoms with E-state index in [1.807, 2.05) is 13.8 Å². The zero-order valence-corrected chi connectivity index (χ0v) is 9.01. The highest BCUT2D eigenvalue weighted by Crippen LogP contribution is 2.07. The Hall–Kier alpha value is -1.72. The maximum atomic E-state index is 11.9. The smallest absolute Gasteiger partial charge is 0.283 e. The SMILES string of the molecule is CCC(C)n1cnc2c(nnn2C)c1=O. The fraction of sp³-hybridized carbons (Fsp3) is 0.556. The van der Waals surface area contributed by atoms with E-state index in [9.17, 15) is 4.79 Å². The van der Waals surface area contributed by atoms with Crippen molar-refractivity contribution in [2.45, 2.75) is 26.3 Å². The van der Waals surface area contributed by atoms with Crippen molar-refractivity contribution in [1.29, 1.82) is 0 Å². The summed E-state index contributed by atoms with van der Waals surface area (Å²) in [7, 11) is 1.72. The Bertz CT molecular complexity index is 541. The van der Waals surface area contributed by atoms with Crippen molar-refractivity contribution in [2.75, 3.05) is 0 Å². The van der Waals surface area contributed by atoms with Gasteiger partial charge < -0.3 is 0 Å². The zero-order chi connectivity index (χ0) is 11.0. The summed E-state index contributed by atoms with van der Waals surface area (Å²) in [4.78, 5) is 16.1. The summed E-state index contributed by atoms with van der Waals surface area (Å²) in [6, 6.07) is 0.136. The molecule has 0 spiro atoms. The van der Waals surface area contributed by atoms with Gasteiger partial charge in [-0.3, -0.25) is 9.36 Å². The van der Waals surface area contributed by atoms with Crippen LogP contribution in [-0.4, -0.2) is 24.5 Å². The van der Waals surface area contributed by atoms with Crippen LogP contribution in [0.3, 0.4) is 0 Å². The summed E-state index contributed by atoms with van der Waals surface area (Å²) in [6.07, 6.45) is 2.44. The molecular weight excluding hydrogens is 194 g/mol. The summed E-state index contributed by atoms with van der Waals surface area (Å²) in [5.74, 6) is 0. The van der Waals surface area contributed by atoms with Gasteiger partial charge in [0, 0.05) is 13.1 Å². The maximum absolute atomic E-state index is 11.9. The summed E-state index contributed by atoms with van der Waals surface area (Å²) < 4.78 is 3.09. The molecule has 2 heterocycles. The third-order valence-electron chi connectivity index (χ3n) is 2.60. The van der Waals surface area contributed by atoms with Crippen molar-refractivity contribution in [3.05, 3.63) is 16.7 Å². The summed E-state index contributed by atoms with van der Waals surface area (Å²) in [6.45, 7) is 4.00. The van der Waals surface area contributed by atoms with Gasteiger partial charge in [0.1, 0.15) is 6.33 Å². The molecule has 6 nitrogen and oxygen atoms in total. The Balaban J connectivity index is 2.71. The van der Waals surface area contributed by atoms with Crippen molar-refractivity contribution >= 4 is 11.2 Å². The van der Waals surface area contributed by atoms with Crippen molar-refractivity contribution in [3.63, 3.8) is 0 Å². The molecule has 2 aromatic rings. The fourth-order valence-corrected chi connectivity index (χ4v) is 1.44. The van der Waals surface area contributed by atoms with Gasteiger partial charge in [-0.1, -0.05) is 12.1 Å². The molecule has 0 aliphatic rings. The lowest BCUT2D eigenvalue weighted by molar-refractivity contribution is 0.510. The van der Waals surface area contributed by atoms with Crippen molar-refractivity contribution in [3.8, 4) is 0 Å². The fourth-order valence-electron chi connectivity index (χ4n) is 1.44. The topological polar surface area (TPSA) is 65.6 Å². The predicted molar refractivity (Wildman–Crippen MR) is 55.6 cm³/mol. The van der Waals surface area contributed by atoms with Crippen LogP contribution in [0.25, 0.3) is 11.2 Å². The molecule has 0 N–H and O–H groups in total. The first-order valence-corrected chi connectivity index (χ1v) is 4.91. The van der Waals surface area contributed by atoms with Crippen LogP contribution in [0, 0.1) is 0 Å². The number of hydrogen-bond acceptors (Lipinski definition) is 4. The number of rotatable bonds is 2. The van der Waals surface area contributed by atoms with Crippen molar-refractivity contribution in [2.24, 2.45) is 7.05 Å². The lowest BCUT2D eigenvalue weighted by Crippen LogP contribution is -2.23. The molecule has 0 saturated heterocycles. The highest BCUT2D eigenvalue weighted by molar-refractivity contribution is 5.67. The first-order valence-electron chi connectivity index (χ1n) is 4.91. The number of hydrogen-bond donors (Lipinski definition) is 0. The Morgan fingerprint density at radius 3 is 2.93 bits per heavy atom. The number of fused-ring (bicyclic) bond motifs is 1. The van der Waals surface area contributed by atoms with E-state index in [2.05, 4.69) is 15.3 Å². The van der Waals surface area contributed by atoms with Gasteiger partial charge in [-0.05, 0) is 13.3 Å². The summed E-state index contributed by atoms with van der Waals surface area (Å²) in [5, 5.41) is 7.59. The lowest BCUT2D eigenvalue weighted by atomic mass is 10.2. The van der Waals surface area contributed by atoms with Crippen molar-refractivity contribution < 1.29 is 0 Å². The first-order chi connectivity index (χ1) is 7.15. The third kappa shape index (κ3) is 1.42. The van der Waals surface area contributed by atoms with Crippen LogP contribution in [0.2, 0.25) is 0 Å². The number of aromatic nitrogens is 5. The molecule has 2 rings (SSSR count). The van der Waals surface area contributed by atoms with E-state index in [0.717, 1.165) is 6.42 Å². The number of aryl methyl sites for hydroxylation is 1. The molecule has 0 aromatic carbocycles. The molecule has 0 fully saturated rings. The third-order valence-corrected chi connectivity index (χ3v) is 2.60. The van der Waals surface area contributed by atoms with Crippen LogP contribution >= 0.6 is 0 Å². The lowest BCUT2D eigenvalue weighted by Gasteiger charge is -2.10. The Labute approximate surface area is 86.5 Å². The molecule has 0 amide bonds. The predicted octanol–water partition coefficient (Wildman–Crippen LogP) is 0.496. The Morgan fingerprint density at radius 2 is 2.27 bits per heavy atom. The van der Waals surface area contributed by atoms with Gasteiger partial charge in [0.2, 0.25) is 0 Å². The Morgan fingerprint density at radius 1 is 1.53 bits per heavy atom. The largest absolute Gasteiger partial charge is 0.294 e. The van der Waals surface area contributed by atoms with Crippen LogP contribution < -0.4 is 5.56 Å². The van der Waals surface area contributed by atoms with E-state index >= 15 is 0 Å². The minimum Gasteiger partial charge on any atom is -0.294 e. The molecule has 2 aromatic heterocycles. The van der Waals surface area contributed by atoms with Gasteiger partial charge >= 0.3 is 0 Å². The molecule has 80 valence electrons. The Kier molecular flexibility index (Phi) is 2.26. The normalized spacial score (nSPS) is 13.3. The molecular formula is C9H13N5O. The van der Waals surface area contributed by atoms with Gasteiger partial charge in [0.25, 0.3) is 5.56 Å². The van der Waals surface area contributed by atoms with E-state index < -0.39 is 0 Å². The molecule has 0 aliphatic carbocycles. The molecule has 1 unspecified atom stereocenters.